The summed E-state index contributed by atoms with van der Waals surface area (Å²) in [5.41, 5.74) is 3.81. The molecular weight excluding hydrogens is 323 g/mol. The van der Waals surface area contributed by atoms with E-state index in [0.29, 0.717) is 0 Å². The van der Waals surface area contributed by atoms with E-state index in [2.05, 4.69) is 42.4 Å². The molecule has 0 saturated heterocycles. The van der Waals surface area contributed by atoms with Gasteiger partial charge in [0.05, 0.1) is 0 Å². The van der Waals surface area contributed by atoms with Gasteiger partial charge in [0, 0.05) is 18.7 Å². The zero-order chi connectivity index (χ0) is 11.4. The topological polar surface area (TPSA) is 24.4 Å². The van der Waals surface area contributed by atoms with E-state index in [1.165, 1.54) is 36.1 Å². The van der Waals surface area contributed by atoms with Crippen molar-refractivity contribution < 1.29 is 0 Å². The maximum atomic E-state index is 4.59. The van der Waals surface area contributed by atoms with E-state index in [9.17, 15) is 0 Å². The van der Waals surface area contributed by atoms with E-state index in [1.807, 2.05) is 0 Å². The Morgan fingerprint density at radius 2 is 1.94 bits per heavy atom. The Kier molecular flexibility index (Phi) is 5.95. The Labute approximate surface area is 121 Å². The van der Waals surface area contributed by atoms with Crippen LogP contribution in [0.25, 0.3) is 0 Å². The number of nitrogens with one attached hydrogen (secondary N) is 1. The molecule has 0 aliphatic carbocycles. The van der Waals surface area contributed by atoms with Crippen molar-refractivity contribution in [1.29, 1.82) is 0 Å². The van der Waals surface area contributed by atoms with Crippen LogP contribution in [-0.2, 0) is 0 Å². The van der Waals surface area contributed by atoms with Crippen molar-refractivity contribution in [3.05, 3.63) is 29.3 Å². The smallest absolute Gasteiger partial charge is 0.101 e. The Hall–Kier alpha value is -0.580. The summed E-state index contributed by atoms with van der Waals surface area (Å²) in [7, 11) is 0. The van der Waals surface area contributed by atoms with Gasteiger partial charge in [0.15, 0.2) is 0 Å². The normalized spacial score (nSPS) is 15.5. The zero-order valence-electron chi connectivity index (χ0n) is 10.6. The molecule has 0 bridgehead atoms. The quantitative estimate of drug-likeness (QED) is 0.755. The van der Waals surface area contributed by atoms with E-state index in [0.717, 1.165) is 18.8 Å². The van der Waals surface area contributed by atoms with Gasteiger partial charge in [-0.05, 0) is 38.3 Å². The summed E-state index contributed by atoms with van der Waals surface area (Å²) >= 11 is 0. The van der Waals surface area contributed by atoms with Crippen LogP contribution in [-0.4, -0.2) is 12.4 Å². The molecule has 0 radical (unpaired) electrons. The summed E-state index contributed by atoms with van der Waals surface area (Å²) in [5.74, 6) is 1.16. The Balaban J connectivity index is 0.00000144. The number of hydrogen-bond donors (Lipinski definition) is 1. The summed E-state index contributed by atoms with van der Waals surface area (Å²) in [6, 6.07) is 6.50. The fraction of sp³-hybridized carbons (Fsp3) is 0.500. The molecule has 0 aromatic heterocycles. The highest BCUT2D eigenvalue weighted by molar-refractivity contribution is 14.0. The molecule has 17 heavy (non-hydrogen) atoms. The van der Waals surface area contributed by atoms with Gasteiger partial charge in [0.2, 0.25) is 0 Å². The molecular formula is C14H21IN2. The van der Waals surface area contributed by atoms with Crippen LogP contribution in [0.5, 0.6) is 0 Å². The maximum absolute atomic E-state index is 4.59. The number of nitrogens with zero attached hydrogens (tertiary/aromatic N) is 1. The van der Waals surface area contributed by atoms with Crippen LogP contribution < -0.4 is 5.32 Å². The third-order valence-electron chi connectivity index (χ3n) is 3.04. The van der Waals surface area contributed by atoms with Crippen molar-refractivity contribution >= 4 is 35.5 Å². The average molecular weight is 344 g/mol. The molecule has 3 heteroatoms. The summed E-state index contributed by atoms with van der Waals surface area (Å²) in [6.45, 7) is 5.25. The van der Waals surface area contributed by atoms with Gasteiger partial charge in [-0.15, -0.1) is 24.0 Å². The molecule has 0 amide bonds. The molecule has 2 nitrogen and oxygen atoms in total. The minimum atomic E-state index is 0. The third kappa shape index (κ3) is 4.30. The van der Waals surface area contributed by atoms with Crippen molar-refractivity contribution in [1.82, 2.24) is 0 Å². The lowest BCUT2D eigenvalue weighted by Crippen LogP contribution is -2.12. The molecule has 1 aliphatic heterocycles. The predicted octanol–water partition coefficient (Wildman–Crippen LogP) is 4.31. The van der Waals surface area contributed by atoms with E-state index in [-0.39, 0.29) is 24.0 Å². The summed E-state index contributed by atoms with van der Waals surface area (Å²) in [4.78, 5) is 4.59. The molecule has 1 aromatic carbocycles. The number of benzene rings is 1. The molecule has 1 aromatic rings. The highest BCUT2D eigenvalue weighted by Crippen LogP contribution is 2.18. The lowest BCUT2D eigenvalue weighted by Gasteiger charge is -2.11. The second kappa shape index (κ2) is 6.99. The van der Waals surface area contributed by atoms with Crippen LogP contribution in [0.2, 0.25) is 0 Å². The van der Waals surface area contributed by atoms with Crippen LogP contribution in [0.15, 0.2) is 23.2 Å². The fourth-order valence-corrected chi connectivity index (χ4v) is 2.09. The van der Waals surface area contributed by atoms with Gasteiger partial charge in [0.25, 0.3) is 0 Å². The van der Waals surface area contributed by atoms with Crippen molar-refractivity contribution in [2.24, 2.45) is 4.99 Å². The van der Waals surface area contributed by atoms with E-state index in [4.69, 9.17) is 0 Å². The number of halogens is 1. The van der Waals surface area contributed by atoms with Crippen LogP contribution in [0.1, 0.15) is 36.8 Å². The Morgan fingerprint density at radius 1 is 1.12 bits per heavy atom. The molecule has 0 fully saturated rings. The van der Waals surface area contributed by atoms with Crippen molar-refractivity contribution in [3.8, 4) is 0 Å². The second-order valence-electron chi connectivity index (χ2n) is 4.58. The number of aryl methyl sites for hydroxylation is 2. The lowest BCUT2D eigenvalue weighted by atomic mass is 10.1. The molecule has 1 aliphatic rings. The first kappa shape index (κ1) is 14.5. The predicted molar refractivity (Wildman–Crippen MR) is 85.7 cm³/mol. The number of rotatable bonds is 1. The van der Waals surface area contributed by atoms with Gasteiger partial charge in [-0.1, -0.05) is 24.1 Å². The third-order valence-corrected chi connectivity index (χ3v) is 3.04. The monoisotopic (exact) mass is 344 g/mol. The van der Waals surface area contributed by atoms with Gasteiger partial charge in [-0.25, -0.2) is 0 Å². The van der Waals surface area contributed by atoms with Gasteiger partial charge in [-0.3, -0.25) is 4.99 Å². The molecule has 94 valence electrons. The SMILES string of the molecule is Cc1ccc(NC2=NCCCCC2)c(C)c1.I. The van der Waals surface area contributed by atoms with Crippen molar-refractivity contribution in [3.63, 3.8) is 0 Å². The van der Waals surface area contributed by atoms with Gasteiger partial charge in [0.1, 0.15) is 5.84 Å². The van der Waals surface area contributed by atoms with Crippen LogP contribution in [0, 0.1) is 13.8 Å². The highest BCUT2D eigenvalue weighted by Gasteiger charge is 2.05. The Morgan fingerprint density at radius 3 is 2.71 bits per heavy atom. The van der Waals surface area contributed by atoms with Crippen molar-refractivity contribution in [2.45, 2.75) is 39.5 Å². The molecule has 0 saturated carbocycles. The Bertz CT molecular complexity index is 399. The van der Waals surface area contributed by atoms with Crippen molar-refractivity contribution in [2.75, 3.05) is 11.9 Å². The number of anilines is 1. The maximum Gasteiger partial charge on any atom is 0.101 e. The van der Waals surface area contributed by atoms with Gasteiger partial charge in [-0.2, -0.15) is 0 Å². The number of amidine groups is 1. The standard InChI is InChI=1S/C14H20N2.HI/c1-11-7-8-13(12(2)10-11)16-14-6-4-3-5-9-15-14;/h7-8,10H,3-6,9H2,1-2H3,(H,15,16);1H. The average Bonchev–Trinajstić information content (AvgIpc) is 2.51. The van der Waals surface area contributed by atoms with Crippen LogP contribution in [0.4, 0.5) is 5.69 Å². The van der Waals surface area contributed by atoms with Gasteiger partial charge < -0.3 is 5.32 Å². The molecule has 1 N–H and O–H groups in total. The summed E-state index contributed by atoms with van der Waals surface area (Å²) in [5, 5.41) is 3.47. The molecule has 0 atom stereocenters. The first-order chi connectivity index (χ1) is 7.75. The first-order valence-electron chi connectivity index (χ1n) is 6.13. The zero-order valence-corrected chi connectivity index (χ0v) is 13.0. The van der Waals surface area contributed by atoms with E-state index < -0.39 is 0 Å². The summed E-state index contributed by atoms with van der Waals surface area (Å²) in [6.07, 6.45) is 4.89. The number of hydrogen-bond acceptors (Lipinski definition) is 2. The second-order valence-corrected chi connectivity index (χ2v) is 4.58. The highest BCUT2D eigenvalue weighted by atomic mass is 127. The molecule has 0 unspecified atom stereocenters. The van der Waals surface area contributed by atoms with Gasteiger partial charge >= 0.3 is 0 Å². The minimum absolute atomic E-state index is 0. The molecule has 0 spiro atoms. The van der Waals surface area contributed by atoms with E-state index in [1.54, 1.807) is 0 Å². The minimum Gasteiger partial charge on any atom is -0.344 e. The largest absolute Gasteiger partial charge is 0.344 e. The van der Waals surface area contributed by atoms with Crippen LogP contribution in [0.3, 0.4) is 0 Å². The van der Waals surface area contributed by atoms with Crippen LogP contribution >= 0.6 is 24.0 Å². The first-order valence-corrected chi connectivity index (χ1v) is 6.13. The fourth-order valence-electron chi connectivity index (χ4n) is 2.09. The summed E-state index contributed by atoms with van der Waals surface area (Å²) < 4.78 is 0. The number of aliphatic imine (C=N–C) groups is 1. The molecule has 2 rings (SSSR count). The molecule has 1 heterocycles. The van der Waals surface area contributed by atoms with E-state index >= 15 is 0 Å². The lowest BCUT2D eigenvalue weighted by molar-refractivity contribution is 0.731.